The first-order chi connectivity index (χ1) is 4.97. The highest BCUT2D eigenvalue weighted by Gasteiger charge is 1.99. The Morgan fingerprint density at radius 3 is 3.20 bits per heavy atom. The molecule has 0 aliphatic rings. The molecule has 2 aromatic rings. The summed E-state index contributed by atoms with van der Waals surface area (Å²) in [5.41, 5.74) is 0. The smallest absolute Gasteiger partial charge is 0.121 e. The number of nitrogens with zero attached hydrogens (tertiary/aromatic N) is 6. The number of hydrogen-bond acceptors (Lipinski definition) is 6. The van der Waals surface area contributed by atoms with Crippen LogP contribution in [0.5, 0.6) is 0 Å². The molecule has 0 atom stereocenters. The molecule has 0 unspecified atom stereocenters. The highest BCUT2D eigenvalue weighted by Crippen LogP contribution is 1.98. The van der Waals surface area contributed by atoms with Crippen LogP contribution in [-0.4, -0.2) is 29.8 Å². The molecule has 0 aromatic carbocycles. The van der Waals surface area contributed by atoms with Gasteiger partial charge in [-0.1, -0.05) is 4.49 Å². The molecule has 2 aromatic heterocycles. The van der Waals surface area contributed by atoms with E-state index in [2.05, 4.69) is 31.3 Å². The molecule has 0 spiro atoms. The van der Waals surface area contributed by atoms with Gasteiger partial charge in [-0.15, -0.1) is 20.1 Å². The van der Waals surface area contributed by atoms with Crippen molar-refractivity contribution in [3.63, 3.8) is 0 Å². The molecular weight excluding hydrogens is 152 g/mol. The zero-order chi connectivity index (χ0) is 6.81. The van der Waals surface area contributed by atoms with Gasteiger partial charge in [-0.05, 0) is 16.7 Å². The molecule has 0 saturated carbocycles. The van der Waals surface area contributed by atoms with Crippen LogP contribution in [0, 0.1) is 6.33 Å². The number of rotatable bonds is 1. The first-order valence-corrected chi connectivity index (χ1v) is 3.24. The van der Waals surface area contributed by atoms with Crippen LogP contribution in [0.3, 0.4) is 0 Å². The predicted molar refractivity (Wildman–Crippen MR) is 31.5 cm³/mol. The molecule has 6 nitrogen and oxygen atoms in total. The molecule has 0 amide bonds. The maximum absolute atomic E-state index is 3.71. The summed E-state index contributed by atoms with van der Waals surface area (Å²) in [6.07, 6.45) is 2.31. The van der Waals surface area contributed by atoms with Crippen molar-refractivity contribution in [1.82, 2.24) is 29.8 Å². The Kier molecular flexibility index (Phi) is 1.14. The summed E-state index contributed by atoms with van der Waals surface area (Å²) in [7, 11) is 0. The van der Waals surface area contributed by atoms with Crippen molar-refractivity contribution in [3.05, 3.63) is 11.7 Å². The van der Waals surface area contributed by atoms with Gasteiger partial charge in [-0.2, -0.15) is 0 Å². The molecular formula is C3HN6S. The normalized spacial score (nSPS) is 10.0. The van der Waals surface area contributed by atoms with Gasteiger partial charge < -0.3 is 0 Å². The molecule has 2 heterocycles. The van der Waals surface area contributed by atoms with Gasteiger partial charge in [0.1, 0.15) is 0 Å². The molecule has 0 fully saturated rings. The zero-order valence-corrected chi connectivity index (χ0v) is 5.49. The van der Waals surface area contributed by atoms with Crippen LogP contribution in [0.2, 0.25) is 0 Å². The van der Waals surface area contributed by atoms with Gasteiger partial charge in [-0.3, -0.25) is 0 Å². The molecule has 0 bridgehead atoms. The third kappa shape index (κ3) is 0.760. The van der Waals surface area contributed by atoms with E-state index in [1.807, 2.05) is 0 Å². The molecule has 0 N–H and O–H groups in total. The Morgan fingerprint density at radius 2 is 2.60 bits per heavy atom. The summed E-state index contributed by atoms with van der Waals surface area (Å²) in [6, 6.07) is 0. The van der Waals surface area contributed by atoms with Crippen LogP contribution in [0.4, 0.5) is 0 Å². The highest BCUT2D eigenvalue weighted by molar-refractivity contribution is 7.03. The quantitative estimate of drug-likeness (QED) is 0.542. The number of tetrazole rings is 1. The van der Waals surface area contributed by atoms with Crippen molar-refractivity contribution in [2.45, 2.75) is 0 Å². The van der Waals surface area contributed by atoms with E-state index in [1.54, 1.807) is 5.38 Å². The summed E-state index contributed by atoms with van der Waals surface area (Å²) in [5.74, 6) is 0.568. The lowest BCUT2D eigenvalue weighted by Gasteiger charge is -1.84. The largest absolute Gasteiger partial charge is 0.246 e. The predicted octanol–water partition coefficient (Wildman–Crippen LogP) is -0.686. The number of aromatic nitrogens is 6. The average Bonchev–Trinajstić information content (AvgIpc) is 2.59. The zero-order valence-electron chi connectivity index (χ0n) is 4.67. The lowest BCUT2D eigenvalue weighted by molar-refractivity contribution is 0.697. The monoisotopic (exact) mass is 153 g/mol. The second kappa shape index (κ2) is 2.10. The third-order valence-corrected chi connectivity index (χ3v) is 1.36. The molecule has 10 heavy (non-hydrogen) atoms. The summed E-state index contributed by atoms with van der Waals surface area (Å²) < 4.78 is 3.63. The van der Waals surface area contributed by atoms with Crippen LogP contribution in [0.15, 0.2) is 5.38 Å². The second-order valence-electron chi connectivity index (χ2n) is 1.44. The van der Waals surface area contributed by atoms with Gasteiger partial charge in [0.15, 0.2) is 0 Å². The van der Waals surface area contributed by atoms with Crippen LogP contribution in [-0.2, 0) is 0 Å². The van der Waals surface area contributed by atoms with Crippen molar-refractivity contribution in [2.75, 3.05) is 0 Å². The summed E-state index contributed by atoms with van der Waals surface area (Å²) in [6.45, 7) is 0. The average molecular weight is 153 g/mol. The Hall–Kier alpha value is -1.37. The lowest BCUT2D eigenvalue weighted by atomic mass is 10.8. The molecule has 0 aliphatic carbocycles. The van der Waals surface area contributed by atoms with Gasteiger partial charge in [0, 0.05) is 0 Å². The van der Waals surface area contributed by atoms with Crippen molar-refractivity contribution in [2.24, 2.45) is 0 Å². The van der Waals surface area contributed by atoms with Gasteiger partial charge >= 0.3 is 0 Å². The van der Waals surface area contributed by atoms with Crippen LogP contribution in [0.25, 0.3) is 5.82 Å². The van der Waals surface area contributed by atoms with E-state index in [0.29, 0.717) is 5.82 Å². The maximum atomic E-state index is 3.71. The van der Waals surface area contributed by atoms with E-state index in [1.165, 1.54) is 16.3 Å². The van der Waals surface area contributed by atoms with Crippen molar-refractivity contribution in [1.29, 1.82) is 0 Å². The summed E-state index contributed by atoms with van der Waals surface area (Å²) in [4.78, 5) is 1.25. The Morgan fingerprint density at radius 1 is 1.60 bits per heavy atom. The Labute approximate surface area is 59.7 Å². The van der Waals surface area contributed by atoms with E-state index in [-0.39, 0.29) is 0 Å². The first-order valence-electron chi connectivity index (χ1n) is 2.40. The van der Waals surface area contributed by atoms with Gasteiger partial charge in [0.25, 0.3) is 0 Å². The molecule has 7 heteroatoms. The maximum Gasteiger partial charge on any atom is 0.246 e. The van der Waals surface area contributed by atoms with Crippen molar-refractivity contribution in [3.8, 4) is 5.82 Å². The molecule has 1 radical (unpaired) electrons. The topological polar surface area (TPSA) is 69.4 Å². The van der Waals surface area contributed by atoms with E-state index in [0.717, 1.165) is 0 Å². The molecule has 0 saturated heterocycles. The minimum Gasteiger partial charge on any atom is -0.121 e. The van der Waals surface area contributed by atoms with E-state index in [9.17, 15) is 0 Å². The van der Waals surface area contributed by atoms with Crippen LogP contribution < -0.4 is 0 Å². The van der Waals surface area contributed by atoms with E-state index >= 15 is 0 Å². The fraction of sp³-hybridized carbons (Fsp3) is 0. The van der Waals surface area contributed by atoms with Crippen molar-refractivity contribution < 1.29 is 0 Å². The minimum absolute atomic E-state index is 0.568. The fourth-order valence-electron chi connectivity index (χ4n) is 0.489. The SMILES string of the molecule is [c]1nnn(-c2csnn2)n1. The third-order valence-electron chi connectivity index (χ3n) is 0.867. The van der Waals surface area contributed by atoms with Gasteiger partial charge in [0.05, 0.1) is 5.38 Å². The lowest BCUT2D eigenvalue weighted by Crippen LogP contribution is -1.98. The fourth-order valence-corrected chi connectivity index (χ4v) is 0.902. The molecule has 2 rings (SSSR count). The number of hydrogen-bond donors (Lipinski definition) is 0. The Balaban J connectivity index is 2.48. The van der Waals surface area contributed by atoms with Crippen molar-refractivity contribution >= 4 is 11.5 Å². The second-order valence-corrected chi connectivity index (χ2v) is 2.05. The van der Waals surface area contributed by atoms with Gasteiger partial charge in [-0.25, -0.2) is 0 Å². The summed E-state index contributed by atoms with van der Waals surface area (Å²) in [5, 5.41) is 16.0. The van der Waals surface area contributed by atoms with Crippen LogP contribution >= 0.6 is 11.5 Å². The highest BCUT2D eigenvalue weighted by atomic mass is 32.1. The standard InChI is InChI=1S/C3HN6S/c1-3(6-8-10-1)9-5-2-4-7-9/h1H. The summed E-state index contributed by atoms with van der Waals surface area (Å²) >= 11 is 1.23. The van der Waals surface area contributed by atoms with E-state index < -0.39 is 0 Å². The van der Waals surface area contributed by atoms with Gasteiger partial charge in [0.2, 0.25) is 12.1 Å². The Bertz CT molecular complexity index is 252. The first kappa shape index (κ1) is 5.42. The molecule has 0 aliphatic heterocycles. The van der Waals surface area contributed by atoms with Crippen LogP contribution in [0.1, 0.15) is 0 Å². The van der Waals surface area contributed by atoms with E-state index in [4.69, 9.17) is 0 Å². The minimum atomic E-state index is 0.568. The molecule has 49 valence electrons.